The van der Waals surface area contributed by atoms with Crippen molar-refractivity contribution in [3.05, 3.63) is 54.2 Å². The van der Waals surface area contributed by atoms with Crippen LogP contribution in [-0.2, 0) is 17.8 Å². The largest absolute Gasteiger partial charge is 0.406 e. The normalized spacial score (nSPS) is 22.9. The second-order valence-electron chi connectivity index (χ2n) is 11.3. The van der Waals surface area contributed by atoms with E-state index in [0.29, 0.717) is 35.1 Å². The minimum Gasteiger partial charge on any atom is -0.381 e. The average Bonchev–Trinajstić information content (AvgIpc) is 3.67. The molecule has 0 spiro atoms. The predicted octanol–water partition coefficient (Wildman–Crippen LogP) is 4.79. The van der Waals surface area contributed by atoms with Crippen molar-refractivity contribution in [2.75, 3.05) is 32.6 Å². The van der Waals surface area contributed by atoms with Gasteiger partial charge in [0, 0.05) is 49.7 Å². The van der Waals surface area contributed by atoms with Crippen LogP contribution in [0.5, 0.6) is 0 Å². The third-order valence-corrected chi connectivity index (χ3v) is 8.27. The lowest BCUT2D eigenvalue weighted by atomic mass is 9.89. The van der Waals surface area contributed by atoms with Crippen molar-refractivity contribution in [3.8, 4) is 11.5 Å². The Balaban J connectivity index is 1.20. The number of carbonyl (C=O) groups is 1. The Hall–Kier alpha value is -3.91. The Morgan fingerprint density at radius 2 is 2.05 bits per heavy atom. The van der Waals surface area contributed by atoms with Crippen molar-refractivity contribution >= 4 is 22.5 Å². The molecule has 2 fully saturated rings. The van der Waals surface area contributed by atoms with E-state index in [1.54, 1.807) is 43.6 Å². The van der Waals surface area contributed by atoms with Crippen molar-refractivity contribution in [1.82, 2.24) is 29.5 Å². The lowest BCUT2D eigenvalue weighted by Crippen LogP contribution is -2.46. The molecule has 4 aromatic rings. The van der Waals surface area contributed by atoms with Gasteiger partial charge in [0.25, 0.3) is 5.91 Å². The lowest BCUT2D eigenvalue weighted by molar-refractivity contribution is -0.139. The first-order valence-corrected chi connectivity index (χ1v) is 14.2. The van der Waals surface area contributed by atoms with E-state index in [4.69, 9.17) is 9.26 Å². The van der Waals surface area contributed by atoms with E-state index >= 15 is 0 Å². The van der Waals surface area contributed by atoms with E-state index in [-0.39, 0.29) is 48.6 Å². The highest BCUT2D eigenvalue weighted by Crippen LogP contribution is 2.36. The Morgan fingerprint density at radius 3 is 2.79 bits per heavy atom. The molecular formula is C29H33F4N7O3. The molecule has 2 aliphatic rings. The number of fused-ring (bicyclic) bond motifs is 1. The number of piperidine rings is 1. The molecule has 0 bridgehead atoms. The second kappa shape index (κ2) is 11.6. The van der Waals surface area contributed by atoms with Crippen molar-refractivity contribution in [3.63, 3.8) is 0 Å². The van der Waals surface area contributed by atoms with Crippen LogP contribution in [0.4, 0.5) is 23.2 Å². The number of hydrogen-bond donors (Lipinski definition) is 2. The van der Waals surface area contributed by atoms with E-state index in [0.717, 1.165) is 17.4 Å². The molecule has 0 radical (unpaired) electrons. The maximum Gasteiger partial charge on any atom is 0.406 e. The maximum absolute atomic E-state index is 14.8. The fourth-order valence-electron chi connectivity index (χ4n) is 5.80. The van der Waals surface area contributed by atoms with Crippen molar-refractivity contribution in [2.45, 2.75) is 62.9 Å². The van der Waals surface area contributed by atoms with E-state index < -0.39 is 24.9 Å². The SMILES string of the molecule is COC1CC(n2ccc(C(=O)NCc3nc(-c4cc5c(N[C@@H]6CCN(C)C[C@@H]6F)cccc5n4CC(F)(F)F)no3)c2)C1. The molecule has 14 heteroatoms. The van der Waals surface area contributed by atoms with Crippen LogP contribution in [0.1, 0.15) is 41.6 Å². The molecule has 1 aliphatic carbocycles. The Kier molecular flexibility index (Phi) is 7.90. The average molecular weight is 604 g/mol. The van der Waals surface area contributed by atoms with Crippen LogP contribution in [0.15, 0.2) is 47.2 Å². The zero-order valence-electron chi connectivity index (χ0n) is 23.8. The van der Waals surface area contributed by atoms with Gasteiger partial charge in [-0.1, -0.05) is 11.2 Å². The summed E-state index contributed by atoms with van der Waals surface area (Å²) in [6, 6.07) is 8.01. The van der Waals surface area contributed by atoms with Crippen molar-refractivity contribution in [2.24, 2.45) is 0 Å². The smallest absolute Gasteiger partial charge is 0.381 e. The number of ether oxygens (including phenoxy) is 1. The molecule has 1 aliphatic heterocycles. The fourth-order valence-corrected chi connectivity index (χ4v) is 5.80. The van der Waals surface area contributed by atoms with Gasteiger partial charge >= 0.3 is 6.18 Å². The number of methoxy groups -OCH3 is 1. The van der Waals surface area contributed by atoms with Crippen LogP contribution < -0.4 is 10.6 Å². The van der Waals surface area contributed by atoms with Crippen LogP contribution in [-0.4, -0.2) is 81.8 Å². The maximum atomic E-state index is 14.8. The number of rotatable bonds is 9. The summed E-state index contributed by atoms with van der Waals surface area (Å²) in [7, 11) is 3.53. The summed E-state index contributed by atoms with van der Waals surface area (Å²) in [4.78, 5) is 18.9. The van der Waals surface area contributed by atoms with Crippen LogP contribution >= 0.6 is 0 Å². The molecule has 1 saturated heterocycles. The molecule has 1 amide bonds. The van der Waals surface area contributed by atoms with Crippen LogP contribution in [0, 0.1) is 0 Å². The van der Waals surface area contributed by atoms with Gasteiger partial charge in [0.15, 0.2) is 0 Å². The van der Waals surface area contributed by atoms with Crippen LogP contribution in [0.2, 0.25) is 0 Å². The monoisotopic (exact) mass is 603 g/mol. The molecule has 230 valence electrons. The predicted molar refractivity (Wildman–Crippen MR) is 150 cm³/mol. The number of aromatic nitrogens is 4. The van der Waals surface area contributed by atoms with Crippen molar-refractivity contribution < 1.29 is 31.6 Å². The Bertz CT molecular complexity index is 1590. The summed E-state index contributed by atoms with van der Waals surface area (Å²) in [6.07, 6.45) is 0.522. The summed E-state index contributed by atoms with van der Waals surface area (Å²) < 4.78 is 69.5. The third kappa shape index (κ3) is 6.25. The highest BCUT2D eigenvalue weighted by Gasteiger charge is 2.33. The summed E-state index contributed by atoms with van der Waals surface area (Å²) in [5.41, 5.74) is 1.38. The highest BCUT2D eigenvalue weighted by molar-refractivity contribution is 5.96. The number of halogens is 4. The first kappa shape index (κ1) is 29.2. The van der Waals surface area contributed by atoms with E-state index in [2.05, 4.69) is 20.8 Å². The Morgan fingerprint density at radius 1 is 1.23 bits per heavy atom. The van der Waals surface area contributed by atoms with Gasteiger partial charge in [0.05, 0.1) is 35.5 Å². The van der Waals surface area contributed by atoms with E-state index in [1.165, 1.54) is 0 Å². The molecule has 3 aromatic heterocycles. The summed E-state index contributed by atoms with van der Waals surface area (Å²) in [5.74, 6) is -0.358. The molecule has 2 N–H and O–H groups in total. The number of benzene rings is 1. The summed E-state index contributed by atoms with van der Waals surface area (Å²) >= 11 is 0. The minimum atomic E-state index is -4.52. The Labute approximate surface area is 245 Å². The number of hydrogen-bond acceptors (Lipinski definition) is 7. The zero-order chi connectivity index (χ0) is 30.3. The van der Waals surface area contributed by atoms with E-state index in [1.807, 2.05) is 22.7 Å². The molecule has 43 heavy (non-hydrogen) atoms. The number of anilines is 1. The van der Waals surface area contributed by atoms with Gasteiger partial charge in [0.1, 0.15) is 12.7 Å². The highest BCUT2D eigenvalue weighted by atomic mass is 19.4. The first-order chi connectivity index (χ1) is 20.6. The van der Waals surface area contributed by atoms with Crippen molar-refractivity contribution in [1.29, 1.82) is 0 Å². The van der Waals surface area contributed by atoms with Gasteiger partial charge in [-0.15, -0.1) is 0 Å². The van der Waals surface area contributed by atoms with Gasteiger partial charge in [-0.05, 0) is 50.6 Å². The number of nitrogens with zero attached hydrogens (tertiary/aromatic N) is 5. The second-order valence-corrected chi connectivity index (χ2v) is 11.3. The molecule has 4 heterocycles. The standard InChI is InChI=1S/C29H33F4N7O3/c1-38-8-7-23(21(30)15-38)35-22-4-3-5-24-20(22)12-25(40(24)16-29(31,32)33)27-36-26(43-37-27)13-34-28(41)17-6-9-39(14-17)18-10-19(11-18)42-2/h3-6,9,12,14,18-19,21,23,35H,7-8,10-11,13,15-16H2,1-2H3,(H,34,41)/t18?,19?,21-,23+/m0/s1. The van der Waals surface area contributed by atoms with Gasteiger partial charge < -0.3 is 33.9 Å². The molecule has 1 saturated carbocycles. The minimum absolute atomic E-state index is 0.0403. The molecule has 10 nitrogen and oxygen atoms in total. The molecule has 1 aromatic carbocycles. The first-order valence-electron chi connectivity index (χ1n) is 14.2. The molecule has 6 rings (SSSR count). The summed E-state index contributed by atoms with van der Waals surface area (Å²) in [6.45, 7) is -0.402. The number of alkyl halides is 4. The van der Waals surface area contributed by atoms with Gasteiger partial charge in [-0.2, -0.15) is 18.2 Å². The zero-order valence-corrected chi connectivity index (χ0v) is 23.8. The molecule has 2 atom stereocenters. The number of amides is 1. The topological polar surface area (TPSA) is 102 Å². The quantitative estimate of drug-likeness (QED) is 0.265. The number of carbonyl (C=O) groups excluding carboxylic acids is 1. The number of nitrogens with one attached hydrogen (secondary N) is 2. The third-order valence-electron chi connectivity index (χ3n) is 8.27. The van der Waals surface area contributed by atoms with Gasteiger partial charge in [-0.25, -0.2) is 4.39 Å². The lowest BCUT2D eigenvalue weighted by Gasteiger charge is -2.35. The van der Waals surface area contributed by atoms with Gasteiger partial charge in [0.2, 0.25) is 11.7 Å². The van der Waals surface area contributed by atoms with E-state index in [9.17, 15) is 22.4 Å². The summed E-state index contributed by atoms with van der Waals surface area (Å²) in [5, 5.41) is 10.3. The number of likely N-dealkylation sites (tertiary alicyclic amines) is 1. The van der Waals surface area contributed by atoms with Crippen LogP contribution in [0.25, 0.3) is 22.4 Å². The fraction of sp³-hybridized carbons (Fsp3) is 0.483. The molecule has 0 unspecified atom stereocenters. The van der Waals surface area contributed by atoms with Gasteiger partial charge in [-0.3, -0.25) is 4.79 Å². The van der Waals surface area contributed by atoms with Crippen LogP contribution in [0.3, 0.4) is 0 Å². The molecular weight excluding hydrogens is 570 g/mol.